The Bertz CT molecular complexity index is 564. The zero-order chi connectivity index (χ0) is 15.3. The summed E-state index contributed by atoms with van der Waals surface area (Å²) in [6.45, 7) is 4.33. The third-order valence-corrected chi connectivity index (χ3v) is 5.43. The Labute approximate surface area is 129 Å². The van der Waals surface area contributed by atoms with Crippen LogP contribution < -0.4 is 0 Å². The minimum Gasteiger partial charge on any atom is -0.207 e. The summed E-state index contributed by atoms with van der Waals surface area (Å²) in [5.41, 5.74) is 0.0873. The highest BCUT2D eigenvalue weighted by Crippen LogP contribution is 2.27. The lowest BCUT2D eigenvalue weighted by Gasteiger charge is -2.21. The van der Waals surface area contributed by atoms with Gasteiger partial charge in [-0.1, -0.05) is 31.9 Å². The van der Waals surface area contributed by atoms with Gasteiger partial charge in [-0.15, -0.1) is 11.6 Å². The predicted molar refractivity (Wildman–Crippen MR) is 80.3 cm³/mol. The average Bonchev–Trinajstić information content (AvgIpc) is 2.41. The Kier molecular flexibility index (Phi) is 6.72. The Balaban J connectivity index is 3.30. The SMILES string of the molecule is CCCCN(CC)S(=O)(=O)c1cc(Cl)cc(CCl)c1F. The summed E-state index contributed by atoms with van der Waals surface area (Å²) in [5, 5.41) is 0.159. The van der Waals surface area contributed by atoms with Gasteiger partial charge in [-0.3, -0.25) is 0 Å². The van der Waals surface area contributed by atoms with Crippen LogP contribution in [0.3, 0.4) is 0 Å². The van der Waals surface area contributed by atoms with Gasteiger partial charge >= 0.3 is 0 Å². The second-order valence-corrected chi connectivity index (χ2v) is 6.97. The Morgan fingerprint density at radius 2 is 1.95 bits per heavy atom. The van der Waals surface area contributed by atoms with Crippen molar-refractivity contribution in [2.75, 3.05) is 13.1 Å². The lowest BCUT2D eigenvalue weighted by atomic mass is 10.2. The predicted octanol–water partition coefficient (Wildman–Crippen LogP) is 4.03. The first-order chi connectivity index (χ1) is 9.38. The van der Waals surface area contributed by atoms with E-state index in [1.54, 1.807) is 6.92 Å². The monoisotopic (exact) mass is 341 g/mol. The van der Waals surface area contributed by atoms with Crippen LogP contribution in [0.4, 0.5) is 4.39 Å². The lowest BCUT2D eigenvalue weighted by molar-refractivity contribution is 0.415. The van der Waals surface area contributed by atoms with Gasteiger partial charge < -0.3 is 0 Å². The second kappa shape index (κ2) is 7.59. The van der Waals surface area contributed by atoms with Crippen LogP contribution in [-0.4, -0.2) is 25.8 Å². The van der Waals surface area contributed by atoms with E-state index < -0.39 is 20.7 Å². The van der Waals surface area contributed by atoms with Crippen LogP contribution >= 0.6 is 23.2 Å². The number of unbranched alkanes of at least 4 members (excludes halogenated alkanes) is 1. The van der Waals surface area contributed by atoms with E-state index >= 15 is 0 Å². The van der Waals surface area contributed by atoms with Gasteiger partial charge in [0.05, 0.1) is 5.88 Å². The molecule has 0 spiro atoms. The molecule has 114 valence electrons. The van der Waals surface area contributed by atoms with Crippen LogP contribution in [0.2, 0.25) is 5.02 Å². The first-order valence-corrected chi connectivity index (χ1v) is 8.77. The summed E-state index contributed by atoms with van der Waals surface area (Å²) in [6, 6.07) is 2.47. The third kappa shape index (κ3) is 3.85. The van der Waals surface area contributed by atoms with Gasteiger partial charge in [0.1, 0.15) is 10.7 Å². The first-order valence-electron chi connectivity index (χ1n) is 6.42. The van der Waals surface area contributed by atoms with E-state index in [9.17, 15) is 12.8 Å². The molecule has 0 saturated carbocycles. The number of alkyl halides is 1. The first kappa shape index (κ1) is 17.7. The number of halogens is 3. The van der Waals surface area contributed by atoms with E-state index in [-0.39, 0.29) is 23.0 Å². The van der Waals surface area contributed by atoms with Crippen molar-refractivity contribution in [3.8, 4) is 0 Å². The van der Waals surface area contributed by atoms with Gasteiger partial charge in [0.2, 0.25) is 10.0 Å². The van der Waals surface area contributed by atoms with Crippen molar-refractivity contribution >= 4 is 33.2 Å². The number of sulfonamides is 1. The van der Waals surface area contributed by atoms with Crippen LogP contribution in [-0.2, 0) is 15.9 Å². The van der Waals surface area contributed by atoms with Crippen molar-refractivity contribution in [3.63, 3.8) is 0 Å². The normalized spacial score (nSPS) is 12.1. The van der Waals surface area contributed by atoms with Crippen LogP contribution in [0.1, 0.15) is 32.3 Å². The molecule has 0 unspecified atom stereocenters. The molecule has 0 amide bonds. The molecule has 0 heterocycles. The molecule has 0 radical (unpaired) electrons. The largest absolute Gasteiger partial charge is 0.246 e. The molecule has 1 aromatic rings. The highest BCUT2D eigenvalue weighted by atomic mass is 35.5. The van der Waals surface area contributed by atoms with E-state index in [1.165, 1.54) is 10.4 Å². The van der Waals surface area contributed by atoms with Gasteiger partial charge in [0.25, 0.3) is 0 Å². The molecule has 0 fully saturated rings. The molecule has 1 rings (SSSR count). The zero-order valence-electron chi connectivity index (χ0n) is 11.5. The molecule has 0 saturated heterocycles. The van der Waals surface area contributed by atoms with E-state index in [4.69, 9.17) is 23.2 Å². The number of rotatable bonds is 7. The highest BCUT2D eigenvalue weighted by Gasteiger charge is 2.27. The molecule has 7 heteroatoms. The van der Waals surface area contributed by atoms with Crippen LogP contribution in [0.15, 0.2) is 17.0 Å². The number of nitrogens with zero attached hydrogens (tertiary/aromatic N) is 1. The molecule has 0 atom stereocenters. The van der Waals surface area contributed by atoms with Crippen molar-refractivity contribution in [1.82, 2.24) is 4.31 Å². The zero-order valence-corrected chi connectivity index (χ0v) is 13.8. The lowest BCUT2D eigenvalue weighted by Crippen LogP contribution is -2.32. The van der Waals surface area contributed by atoms with Gasteiger partial charge in [0.15, 0.2) is 0 Å². The maximum atomic E-state index is 14.2. The number of hydrogen-bond acceptors (Lipinski definition) is 2. The Hall–Kier alpha value is -0.360. The molecular weight excluding hydrogens is 324 g/mol. The fraction of sp³-hybridized carbons (Fsp3) is 0.538. The van der Waals surface area contributed by atoms with Gasteiger partial charge in [0, 0.05) is 23.7 Å². The summed E-state index contributed by atoms with van der Waals surface area (Å²) in [6.07, 6.45) is 1.58. The molecular formula is C13H18Cl2FNO2S. The summed E-state index contributed by atoms with van der Waals surface area (Å²) in [5.74, 6) is -0.949. The Morgan fingerprint density at radius 1 is 1.30 bits per heavy atom. The molecule has 0 N–H and O–H groups in total. The summed E-state index contributed by atoms with van der Waals surface area (Å²) in [7, 11) is -3.89. The minimum absolute atomic E-state index is 0.0873. The molecule has 0 bridgehead atoms. The smallest absolute Gasteiger partial charge is 0.207 e. The van der Waals surface area contributed by atoms with Crippen LogP contribution in [0.25, 0.3) is 0 Å². The molecule has 0 aliphatic carbocycles. The minimum atomic E-state index is -3.89. The van der Waals surface area contributed by atoms with Crippen molar-refractivity contribution in [1.29, 1.82) is 0 Å². The number of benzene rings is 1. The summed E-state index contributed by atoms with van der Waals surface area (Å²) < 4.78 is 40.5. The highest BCUT2D eigenvalue weighted by molar-refractivity contribution is 7.89. The van der Waals surface area contributed by atoms with E-state index in [0.29, 0.717) is 6.54 Å². The van der Waals surface area contributed by atoms with Gasteiger partial charge in [-0.05, 0) is 18.6 Å². The maximum absolute atomic E-state index is 14.2. The second-order valence-electron chi connectivity index (χ2n) is 4.36. The van der Waals surface area contributed by atoms with Gasteiger partial charge in [-0.2, -0.15) is 4.31 Å². The van der Waals surface area contributed by atoms with Crippen LogP contribution in [0, 0.1) is 5.82 Å². The van der Waals surface area contributed by atoms with Crippen molar-refractivity contribution in [3.05, 3.63) is 28.5 Å². The number of hydrogen-bond donors (Lipinski definition) is 0. The fourth-order valence-corrected chi connectivity index (χ4v) is 3.95. The molecule has 3 nitrogen and oxygen atoms in total. The Morgan fingerprint density at radius 3 is 2.45 bits per heavy atom. The van der Waals surface area contributed by atoms with Crippen molar-refractivity contribution in [2.45, 2.75) is 37.5 Å². The molecule has 20 heavy (non-hydrogen) atoms. The molecule has 0 aliphatic rings. The van der Waals surface area contributed by atoms with E-state index in [0.717, 1.165) is 18.9 Å². The fourth-order valence-electron chi connectivity index (χ4n) is 1.83. The van der Waals surface area contributed by atoms with Crippen molar-refractivity contribution < 1.29 is 12.8 Å². The maximum Gasteiger partial charge on any atom is 0.246 e. The standard InChI is InChI=1S/C13H18Cl2FNO2S/c1-3-5-6-17(4-2)20(18,19)12-8-11(15)7-10(9-14)13(12)16/h7-8H,3-6,9H2,1-2H3. The molecule has 0 aliphatic heterocycles. The average molecular weight is 342 g/mol. The summed E-state index contributed by atoms with van der Waals surface area (Å²) >= 11 is 11.5. The quantitative estimate of drug-likeness (QED) is 0.702. The topological polar surface area (TPSA) is 37.4 Å². The molecule has 0 aromatic heterocycles. The third-order valence-electron chi connectivity index (χ3n) is 2.95. The van der Waals surface area contributed by atoms with E-state index in [1.807, 2.05) is 6.92 Å². The van der Waals surface area contributed by atoms with Gasteiger partial charge in [-0.25, -0.2) is 12.8 Å². The molecule has 1 aromatic carbocycles. The van der Waals surface area contributed by atoms with Crippen LogP contribution in [0.5, 0.6) is 0 Å². The summed E-state index contributed by atoms with van der Waals surface area (Å²) in [4.78, 5) is -0.404. The van der Waals surface area contributed by atoms with Crippen molar-refractivity contribution in [2.24, 2.45) is 0 Å². The van der Waals surface area contributed by atoms with E-state index in [2.05, 4.69) is 0 Å².